The lowest BCUT2D eigenvalue weighted by Crippen LogP contribution is -2.01. The van der Waals surface area contributed by atoms with Gasteiger partial charge in [0.15, 0.2) is 0 Å². The molecule has 0 aliphatic rings. The van der Waals surface area contributed by atoms with Crippen LogP contribution in [0.1, 0.15) is 13.8 Å². The number of ether oxygens (including phenoxy) is 2. The molecule has 3 aromatic rings. The molecule has 3 rings (SSSR count). The zero-order chi connectivity index (χ0) is 17.3. The molecule has 0 amide bonds. The number of rotatable bonds is 5. The van der Waals surface area contributed by atoms with Crippen LogP contribution < -0.4 is 9.47 Å². The summed E-state index contributed by atoms with van der Waals surface area (Å²) in [4.78, 5) is 0.0248. The van der Waals surface area contributed by atoms with E-state index in [1.54, 1.807) is 6.07 Å². The predicted molar refractivity (Wildman–Crippen MR) is 96.8 cm³/mol. The van der Waals surface area contributed by atoms with Crippen molar-refractivity contribution < 1.29 is 17.9 Å². The Balaban J connectivity index is 2.61. The van der Waals surface area contributed by atoms with Crippen molar-refractivity contribution in [2.24, 2.45) is 0 Å². The SMILES string of the molecule is CCOc1c2ccccc2c(OCC)c2c(S(=O)(=O)Cl)cccc12. The highest BCUT2D eigenvalue weighted by Gasteiger charge is 2.23. The van der Waals surface area contributed by atoms with Crippen molar-refractivity contribution in [3.63, 3.8) is 0 Å². The lowest BCUT2D eigenvalue weighted by atomic mass is 10.0. The van der Waals surface area contributed by atoms with E-state index in [1.165, 1.54) is 6.07 Å². The minimum Gasteiger partial charge on any atom is -0.493 e. The molecule has 0 unspecified atom stereocenters. The van der Waals surface area contributed by atoms with Crippen molar-refractivity contribution in [2.75, 3.05) is 13.2 Å². The van der Waals surface area contributed by atoms with Gasteiger partial charge in [-0.3, -0.25) is 0 Å². The van der Waals surface area contributed by atoms with Crippen molar-refractivity contribution in [1.29, 1.82) is 0 Å². The van der Waals surface area contributed by atoms with Gasteiger partial charge >= 0.3 is 0 Å². The third-order valence-corrected chi connectivity index (χ3v) is 5.12. The fourth-order valence-electron chi connectivity index (χ4n) is 2.91. The van der Waals surface area contributed by atoms with Crippen LogP contribution >= 0.6 is 10.7 Å². The Kier molecular flexibility index (Phi) is 4.56. The van der Waals surface area contributed by atoms with Crippen molar-refractivity contribution in [3.8, 4) is 11.5 Å². The first-order chi connectivity index (χ1) is 11.5. The van der Waals surface area contributed by atoms with E-state index in [0.717, 1.165) is 10.8 Å². The monoisotopic (exact) mass is 364 g/mol. The van der Waals surface area contributed by atoms with Crippen LogP contribution in [0.15, 0.2) is 47.4 Å². The Labute approximate surface area is 145 Å². The van der Waals surface area contributed by atoms with Crippen LogP contribution in [0.25, 0.3) is 21.5 Å². The van der Waals surface area contributed by atoms with E-state index < -0.39 is 9.05 Å². The van der Waals surface area contributed by atoms with Crippen molar-refractivity contribution in [3.05, 3.63) is 42.5 Å². The van der Waals surface area contributed by atoms with Gasteiger partial charge in [0.2, 0.25) is 0 Å². The third-order valence-electron chi connectivity index (χ3n) is 3.75. The molecule has 0 aromatic heterocycles. The van der Waals surface area contributed by atoms with E-state index in [-0.39, 0.29) is 4.90 Å². The maximum absolute atomic E-state index is 12.1. The van der Waals surface area contributed by atoms with E-state index in [2.05, 4.69) is 0 Å². The third kappa shape index (κ3) is 2.78. The summed E-state index contributed by atoms with van der Waals surface area (Å²) >= 11 is 0. The van der Waals surface area contributed by atoms with E-state index in [9.17, 15) is 8.42 Å². The van der Waals surface area contributed by atoms with Gasteiger partial charge in [0.05, 0.1) is 18.1 Å². The number of fused-ring (bicyclic) bond motifs is 2. The summed E-state index contributed by atoms with van der Waals surface area (Å²) in [5.41, 5.74) is 0. The molecule has 0 bridgehead atoms. The Hall–Kier alpha value is -1.98. The van der Waals surface area contributed by atoms with Gasteiger partial charge in [0, 0.05) is 32.2 Å². The highest BCUT2D eigenvalue weighted by atomic mass is 35.7. The van der Waals surface area contributed by atoms with Crippen LogP contribution in [-0.4, -0.2) is 21.6 Å². The van der Waals surface area contributed by atoms with Crippen molar-refractivity contribution in [1.82, 2.24) is 0 Å². The van der Waals surface area contributed by atoms with Crippen LogP contribution in [0, 0.1) is 0 Å². The summed E-state index contributed by atoms with van der Waals surface area (Å²) in [7, 11) is 1.73. The van der Waals surface area contributed by atoms with Gasteiger partial charge < -0.3 is 9.47 Å². The first-order valence-electron chi connectivity index (χ1n) is 7.66. The molecule has 3 aromatic carbocycles. The van der Waals surface area contributed by atoms with Crippen LogP contribution in [-0.2, 0) is 9.05 Å². The van der Waals surface area contributed by atoms with E-state index in [0.29, 0.717) is 35.5 Å². The minimum absolute atomic E-state index is 0.0248. The van der Waals surface area contributed by atoms with Crippen molar-refractivity contribution >= 4 is 41.3 Å². The minimum atomic E-state index is -3.93. The van der Waals surface area contributed by atoms with Crippen molar-refractivity contribution in [2.45, 2.75) is 18.7 Å². The number of halogens is 1. The van der Waals surface area contributed by atoms with Gasteiger partial charge in [-0.25, -0.2) is 8.42 Å². The summed E-state index contributed by atoms with van der Waals surface area (Å²) in [6.07, 6.45) is 0. The van der Waals surface area contributed by atoms with E-state index in [1.807, 2.05) is 44.2 Å². The first kappa shape index (κ1) is 16.9. The average molecular weight is 365 g/mol. The van der Waals surface area contributed by atoms with Crippen LogP contribution in [0.5, 0.6) is 11.5 Å². The molecule has 0 saturated heterocycles. The lowest BCUT2D eigenvalue weighted by molar-refractivity contribution is 0.342. The molecule has 0 aliphatic heterocycles. The topological polar surface area (TPSA) is 52.6 Å². The first-order valence-corrected chi connectivity index (χ1v) is 9.97. The summed E-state index contributed by atoms with van der Waals surface area (Å²) < 4.78 is 35.8. The molecule has 0 aliphatic carbocycles. The summed E-state index contributed by atoms with van der Waals surface area (Å²) in [5.74, 6) is 1.14. The number of hydrogen-bond donors (Lipinski definition) is 0. The molecule has 0 fully saturated rings. The zero-order valence-corrected chi connectivity index (χ0v) is 14.9. The second-order valence-corrected chi connectivity index (χ2v) is 7.72. The van der Waals surface area contributed by atoms with Gasteiger partial charge in [-0.1, -0.05) is 36.4 Å². The summed E-state index contributed by atoms with van der Waals surface area (Å²) in [6.45, 7) is 4.61. The van der Waals surface area contributed by atoms with Gasteiger partial charge in [-0.05, 0) is 19.9 Å². The lowest BCUT2D eigenvalue weighted by Gasteiger charge is -2.18. The molecule has 0 spiro atoms. The molecule has 0 atom stereocenters. The molecule has 126 valence electrons. The maximum Gasteiger partial charge on any atom is 0.262 e. The average Bonchev–Trinajstić information content (AvgIpc) is 2.56. The van der Waals surface area contributed by atoms with Gasteiger partial charge in [0.25, 0.3) is 9.05 Å². The van der Waals surface area contributed by atoms with Gasteiger partial charge in [-0.2, -0.15) is 0 Å². The molecule has 0 heterocycles. The zero-order valence-electron chi connectivity index (χ0n) is 13.4. The second-order valence-electron chi connectivity index (χ2n) is 5.19. The van der Waals surface area contributed by atoms with Gasteiger partial charge in [0.1, 0.15) is 11.5 Å². The second kappa shape index (κ2) is 6.49. The molecule has 0 radical (unpaired) electrons. The summed E-state index contributed by atoms with van der Waals surface area (Å²) in [5, 5.41) is 2.79. The highest BCUT2D eigenvalue weighted by Crippen LogP contribution is 2.45. The molecular formula is C18H17ClO4S. The molecular weight excluding hydrogens is 348 g/mol. The summed E-state index contributed by atoms with van der Waals surface area (Å²) in [6, 6.07) is 12.6. The fraction of sp³-hybridized carbons (Fsp3) is 0.222. The van der Waals surface area contributed by atoms with E-state index >= 15 is 0 Å². The quantitative estimate of drug-likeness (QED) is 0.485. The predicted octanol–water partition coefficient (Wildman–Crippen LogP) is 4.72. The van der Waals surface area contributed by atoms with Gasteiger partial charge in [-0.15, -0.1) is 0 Å². The molecule has 24 heavy (non-hydrogen) atoms. The molecule has 4 nitrogen and oxygen atoms in total. The fourth-order valence-corrected chi connectivity index (χ4v) is 3.98. The Morgan fingerprint density at radius 3 is 1.96 bits per heavy atom. The Morgan fingerprint density at radius 2 is 1.38 bits per heavy atom. The Morgan fingerprint density at radius 1 is 0.833 bits per heavy atom. The molecule has 0 N–H and O–H groups in total. The van der Waals surface area contributed by atoms with Crippen LogP contribution in [0.4, 0.5) is 0 Å². The normalized spacial score (nSPS) is 11.8. The molecule has 6 heteroatoms. The molecule has 0 saturated carbocycles. The standard InChI is InChI=1S/C18H17ClO4S/c1-3-22-17-12-8-5-6-9-13(12)18(23-4-2)16-14(17)10-7-11-15(16)24(19,20)21/h5-11H,3-4H2,1-2H3. The smallest absolute Gasteiger partial charge is 0.262 e. The maximum atomic E-state index is 12.1. The number of benzene rings is 3. The highest BCUT2D eigenvalue weighted by molar-refractivity contribution is 8.14. The Bertz CT molecular complexity index is 1010. The van der Waals surface area contributed by atoms with Crippen LogP contribution in [0.3, 0.4) is 0 Å². The van der Waals surface area contributed by atoms with Crippen LogP contribution in [0.2, 0.25) is 0 Å². The van der Waals surface area contributed by atoms with E-state index in [4.69, 9.17) is 20.2 Å². The largest absolute Gasteiger partial charge is 0.493 e. The number of hydrogen-bond acceptors (Lipinski definition) is 4.